The van der Waals surface area contributed by atoms with Crippen molar-refractivity contribution in [2.75, 3.05) is 13.1 Å². The highest BCUT2D eigenvalue weighted by molar-refractivity contribution is 5.76. The van der Waals surface area contributed by atoms with Crippen LogP contribution in [0.25, 0.3) is 0 Å². The van der Waals surface area contributed by atoms with E-state index in [0.29, 0.717) is 25.0 Å². The van der Waals surface area contributed by atoms with Gasteiger partial charge < -0.3 is 10.6 Å². The van der Waals surface area contributed by atoms with E-state index in [1.807, 2.05) is 24.1 Å². The van der Waals surface area contributed by atoms with Crippen LogP contribution >= 0.6 is 0 Å². The van der Waals surface area contributed by atoms with Crippen LogP contribution in [0.15, 0.2) is 18.5 Å². The molecule has 2 rings (SSSR count). The molecule has 1 aliphatic rings. The Bertz CT molecular complexity index is 376. The number of likely N-dealkylation sites (N-methyl/N-ethyl adjacent to an activating group) is 1. The predicted molar refractivity (Wildman–Crippen MR) is 69.8 cm³/mol. The zero-order valence-electron chi connectivity index (χ0n) is 11.0. The summed E-state index contributed by atoms with van der Waals surface area (Å²) in [5, 5.41) is 4.08. The van der Waals surface area contributed by atoms with E-state index in [1.54, 1.807) is 10.9 Å². The van der Waals surface area contributed by atoms with Crippen LogP contribution in [0.4, 0.5) is 0 Å². The van der Waals surface area contributed by atoms with Crippen molar-refractivity contribution in [1.82, 2.24) is 14.7 Å². The maximum absolute atomic E-state index is 12.3. The molecule has 1 aromatic heterocycles. The molecule has 1 aromatic rings. The summed E-state index contributed by atoms with van der Waals surface area (Å²) in [5.41, 5.74) is 5.80. The van der Waals surface area contributed by atoms with Crippen molar-refractivity contribution in [3.8, 4) is 0 Å². The van der Waals surface area contributed by atoms with Crippen molar-refractivity contribution in [2.24, 2.45) is 11.7 Å². The molecule has 0 bridgehead atoms. The van der Waals surface area contributed by atoms with Crippen molar-refractivity contribution in [3.05, 3.63) is 18.5 Å². The van der Waals surface area contributed by atoms with Crippen LogP contribution in [0.5, 0.6) is 0 Å². The molecule has 1 fully saturated rings. The maximum Gasteiger partial charge on any atom is 0.244 e. The highest BCUT2D eigenvalue weighted by Crippen LogP contribution is 2.29. The minimum atomic E-state index is 0.145. The third-order valence-electron chi connectivity index (χ3n) is 3.84. The van der Waals surface area contributed by atoms with Gasteiger partial charge in [0.2, 0.25) is 5.91 Å². The number of carbonyl (C=O) groups is 1. The van der Waals surface area contributed by atoms with Crippen LogP contribution < -0.4 is 5.73 Å². The van der Waals surface area contributed by atoms with E-state index in [0.717, 1.165) is 19.4 Å². The number of hydrogen-bond acceptors (Lipinski definition) is 3. The van der Waals surface area contributed by atoms with Gasteiger partial charge in [-0.05, 0) is 38.3 Å². The molecule has 18 heavy (non-hydrogen) atoms. The quantitative estimate of drug-likeness (QED) is 0.843. The summed E-state index contributed by atoms with van der Waals surface area (Å²) in [6.45, 7) is 3.79. The molecule has 1 saturated carbocycles. The van der Waals surface area contributed by atoms with Gasteiger partial charge >= 0.3 is 0 Å². The molecule has 0 aromatic carbocycles. The maximum atomic E-state index is 12.3. The first-order valence-corrected chi connectivity index (χ1v) is 6.73. The van der Waals surface area contributed by atoms with Crippen LogP contribution in [-0.2, 0) is 11.3 Å². The second kappa shape index (κ2) is 6.00. The van der Waals surface area contributed by atoms with E-state index in [-0.39, 0.29) is 5.91 Å². The largest absolute Gasteiger partial charge is 0.338 e. The first-order valence-electron chi connectivity index (χ1n) is 6.73. The number of amides is 1. The molecule has 0 spiro atoms. The second-order valence-electron chi connectivity index (χ2n) is 4.88. The summed E-state index contributed by atoms with van der Waals surface area (Å²) in [4.78, 5) is 14.3. The Morgan fingerprint density at radius 1 is 1.56 bits per heavy atom. The highest BCUT2D eigenvalue weighted by atomic mass is 16.2. The highest BCUT2D eigenvalue weighted by Gasteiger charge is 2.32. The minimum absolute atomic E-state index is 0.145. The summed E-state index contributed by atoms with van der Waals surface area (Å²) in [5.74, 6) is 0.609. The summed E-state index contributed by atoms with van der Waals surface area (Å²) in [6.07, 6.45) is 6.92. The molecular weight excluding hydrogens is 228 g/mol. The summed E-state index contributed by atoms with van der Waals surface area (Å²) in [7, 11) is 0. The minimum Gasteiger partial charge on any atom is -0.338 e. The molecule has 100 valence electrons. The number of nitrogens with two attached hydrogens (primary N) is 1. The van der Waals surface area contributed by atoms with Gasteiger partial charge in [-0.1, -0.05) is 6.42 Å². The van der Waals surface area contributed by atoms with Gasteiger partial charge in [0.15, 0.2) is 0 Å². The monoisotopic (exact) mass is 250 g/mol. The van der Waals surface area contributed by atoms with Gasteiger partial charge in [-0.3, -0.25) is 9.48 Å². The van der Waals surface area contributed by atoms with Crippen LogP contribution in [0.1, 0.15) is 26.2 Å². The lowest BCUT2D eigenvalue weighted by Gasteiger charge is -2.32. The number of rotatable bonds is 5. The fourth-order valence-corrected chi connectivity index (χ4v) is 2.92. The average molecular weight is 250 g/mol. The van der Waals surface area contributed by atoms with Crippen LogP contribution in [0.2, 0.25) is 0 Å². The van der Waals surface area contributed by atoms with E-state index < -0.39 is 0 Å². The lowest BCUT2D eigenvalue weighted by molar-refractivity contribution is -0.134. The van der Waals surface area contributed by atoms with E-state index >= 15 is 0 Å². The Balaban J connectivity index is 2.01. The SMILES string of the molecule is CCN(C(=O)Cn1cccn1)C1CCCC1CN. The lowest BCUT2D eigenvalue weighted by atomic mass is 10.0. The first-order chi connectivity index (χ1) is 8.76. The number of carbonyl (C=O) groups excluding carboxylic acids is 1. The van der Waals surface area contributed by atoms with Crippen LogP contribution in [-0.4, -0.2) is 39.7 Å². The molecule has 5 nitrogen and oxygen atoms in total. The second-order valence-corrected chi connectivity index (χ2v) is 4.88. The molecule has 1 amide bonds. The van der Waals surface area contributed by atoms with E-state index in [2.05, 4.69) is 5.10 Å². The molecule has 1 aliphatic carbocycles. The third kappa shape index (κ3) is 2.72. The number of hydrogen-bond donors (Lipinski definition) is 1. The molecule has 0 radical (unpaired) electrons. The summed E-state index contributed by atoms with van der Waals surface area (Å²) in [6, 6.07) is 2.16. The van der Waals surface area contributed by atoms with Gasteiger partial charge in [-0.25, -0.2) is 0 Å². The van der Waals surface area contributed by atoms with E-state index in [9.17, 15) is 4.79 Å². The van der Waals surface area contributed by atoms with Crippen molar-refractivity contribution in [1.29, 1.82) is 0 Å². The third-order valence-corrected chi connectivity index (χ3v) is 3.84. The summed E-state index contributed by atoms with van der Waals surface area (Å²) >= 11 is 0. The van der Waals surface area contributed by atoms with Crippen molar-refractivity contribution < 1.29 is 4.79 Å². The van der Waals surface area contributed by atoms with Gasteiger partial charge in [0, 0.05) is 25.0 Å². The van der Waals surface area contributed by atoms with E-state index in [4.69, 9.17) is 5.73 Å². The molecule has 1 heterocycles. The average Bonchev–Trinajstić information content (AvgIpc) is 3.01. The van der Waals surface area contributed by atoms with Crippen LogP contribution in [0, 0.1) is 5.92 Å². The standard InChI is InChI=1S/C13H22N4O/c1-2-17(12-6-3-5-11(12)9-14)13(18)10-16-8-4-7-15-16/h4,7-8,11-12H,2-3,5-6,9-10,14H2,1H3. The van der Waals surface area contributed by atoms with E-state index in [1.165, 1.54) is 6.42 Å². The molecule has 2 atom stereocenters. The zero-order chi connectivity index (χ0) is 13.0. The van der Waals surface area contributed by atoms with Gasteiger partial charge in [-0.2, -0.15) is 5.10 Å². The Labute approximate surface area is 108 Å². The van der Waals surface area contributed by atoms with Gasteiger partial charge in [0.25, 0.3) is 0 Å². The first kappa shape index (κ1) is 13.1. The Morgan fingerprint density at radius 3 is 3.00 bits per heavy atom. The lowest BCUT2D eigenvalue weighted by Crippen LogP contribution is -2.45. The van der Waals surface area contributed by atoms with Crippen molar-refractivity contribution in [2.45, 2.75) is 38.8 Å². The smallest absolute Gasteiger partial charge is 0.244 e. The van der Waals surface area contributed by atoms with Gasteiger partial charge in [-0.15, -0.1) is 0 Å². The van der Waals surface area contributed by atoms with Crippen LogP contribution in [0.3, 0.4) is 0 Å². The van der Waals surface area contributed by atoms with Gasteiger partial charge in [0.1, 0.15) is 6.54 Å². The Morgan fingerprint density at radius 2 is 2.39 bits per heavy atom. The van der Waals surface area contributed by atoms with Gasteiger partial charge in [0.05, 0.1) is 0 Å². The number of aromatic nitrogens is 2. The molecule has 0 aliphatic heterocycles. The normalized spacial score (nSPS) is 23.2. The topological polar surface area (TPSA) is 64.2 Å². The Hall–Kier alpha value is -1.36. The molecule has 0 saturated heterocycles. The summed E-state index contributed by atoms with van der Waals surface area (Å²) < 4.78 is 1.68. The fourth-order valence-electron chi connectivity index (χ4n) is 2.92. The molecule has 2 unspecified atom stereocenters. The fraction of sp³-hybridized carbons (Fsp3) is 0.692. The Kier molecular flexibility index (Phi) is 4.36. The molecular formula is C13H22N4O. The molecule has 5 heteroatoms. The van der Waals surface area contributed by atoms with Crippen molar-refractivity contribution in [3.63, 3.8) is 0 Å². The zero-order valence-corrected chi connectivity index (χ0v) is 11.0. The predicted octanol–water partition coefficient (Wildman–Crippen LogP) is 0.859. The van der Waals surface area contributed by atoms with Crippen molar-refractivity contribution >= 4 is 5.91 Å². The molecule has 2 N–H and O–H groups in total. The number of nitrogens with zero attached hydrogens (tertiary/aromatic N) is 3.